The number of anilines is 1. The maximum absolute atomic E-state index is 13.3. The Labute approximate surface area is 151 Å². The maximum atomic E-state index is 13.3. The van der Waals surface area contributed by atoms with E-state index in [1.54, 1.807) is 4.90 Å². The van der Waals surface area contributed by atoms with Crippen LogP contribution >= 0.6 is 15.9 Å². The normalized spacial score (nSPS) is 16.6. The lowest BCUT2D eigenvalue weighted by molar-refractivity contribution is -0.125. The Morgan fingerprint density at radius 3 is 2.38 bits per heavy atom. The van der Waals surface area contributed by atoms with Gasteiger partial charge in [0, 0.05) is 24.6 Å². The molecule has 1 saturated heterocycles. The summed E-state index contributed by atoms with van der Waals surface area (Å²) in [4.78, 5) is 17.3. The van der Waals surface area contributed by atoms with Crippen molar-refractivity contribution in [2.75, 3.05) is 38.3 Å². The van der Waals surface area contributed by atoms with Crippen LogP contribution in [0.3, 0.4) is 0 Å². The number of rotatable bonds is 4. The van der Waals surface area contributed by atoms with Gasteiger partial charge in [0.1, 0.15) is 6.04 Å². The first-order valence-corrected chi connectivity index (χ1v) is 8.86. The van der Waals surface area contributed by atoms with Crippen molar-refractivity contribution in [3.05, 3.63) is 64.6 Å². The quantitative estimate of drug-likeness (QED) is 0.803. The minimum Gasteiger partial charge on any atom is -0.379 e. The lowest BCUT2D eigenvalue weighted by Crippen LogP contribution is -2.46. The Balaban J connectivity index is 1.92. The van der Waals surface area contributed by atoms with E-state index in [0.29, 0.717) is 13.2 Å². The summed E-state index contributed by atoms with van der Waals surface area (Å²) in [5.74, 6) is 0.0648. The first-order chi connectivity index (χ1) is 11.7. The van der Waals surface area contributed by atoms with Crippen LogP contribution < -0.4 is 4.90 Å². The predicted molar refractivity (Wildman–Crippen MR) is 99.1 cm³/mol. The van der Waals surface area contributed by atoms with Gasteiger partial charge in [-0.3, -0.25) is 9.69 Å². The molecule has 1 atom stereocenters. The van der Waals surface area contributed by atoms with Gasteiger partial charge in [0.05, 0.1) is 18.9 Å². The van der Waals surface area contributed by atoms with Crippen LogP contribution in [0.5, 0.6) is 0 Å². The molecule has 1 aliphatic rings. The monoisotopic (exact) mass is 388 g/mol. The molecule has 1 fully saturated rings. The summed E-state index contributed by atoms with van der Waals surface area (Å²) in [7, 11) is 1.83. The second kappa shape index (κ2) is 7.92. The zero-order chi connectivity index (χ0) is 16.9. The van der Waals surface area contributed by atoms with Gasteiger partial charge in [-0.25, -0.2) is 0 Å². The van der Waals surface area contributed by atoms with E-state index in [9.17, 15) is 4.79 Å². The number of morpholine rings is 1. The minimum absolute atomic E-state index is 0.0648. The molecule has 0 bridgehead atoms. The molecule has 0 aliphatic carbocycles. The average molecular weight is 389 g/mol. The fourth-order valence-electron chi connectivity index (χ4n) is 3.01. The Morgan fingerprint density at radius 1 is 1.08 bits per heavy atom. The van der Waals surface area contributed by atoms with Crippen LogP contribution in [0.2, 0.25) is 0 Å². The maximum Gasteiger partial charge on any atom is 0.248 e. The van der Waals surface area contributed by atoms with Gasteiger partial charge in [0.25, 0.3) is 0 Å². The zero-order valence-electron chi connectivity index (χ0n) is 13.7. The number of hydrogen-bond acceptors (Lipinski definition) is 3. The molecular formula is C19H21BrN2O2. The number of carbonyl (C=O) groups excluding carboxylic acids is 1. The molecule has 5 heteroatoms. The van der Waals surface area contributed by atoms with Gasteiger partial charge in [0.2, 0.25) is 5.91 Å². The third kappa shape index (κ3) is 3.69. The Morgan fingerprint density at radius 2 is 1.71 bits per heavy atom. The number of ether oxygens (including phenoxy) is 1. The highest BCUT2D eigenvalue weighted by Gasteiger charge is 2.31. The summed E-state index contributed by atoms with van der Waals surface area (Å²) in [5, 5.41) is 0. The van der Waals surface area contributed by atoms with E-state index in [1.807, 2.05) is 61.6 Å². The van der Waals surface area contributed by atoms with Crippen LogP contribution in [0.25, 0.3) is 0 Å². The SMILES string of the molecule is CN(C(=O)C(c1ccccc1)N1CCOCC1)c1ccccc1Br. The van der Waals surface area contributed by atoms with Crippen LogP contribution in [-0.2, 0) is 9.53 Å². The molecule has 0 saturated carbocycles. The summed E-state index contributed by atoms with van der Waals surface area (Å²) >= 11 is 3.54. The van der Waals surface area contributed by atoms with Crippen LogP contribution in [0.15, 0.2) is 59.1 Å². The molecule has 1 amide bonds. The van der Waals surface area contributed by atoms with Gasteiger partial charge in [-0.1, -0.05) is 42.5 Å². The Hall–Kier alpha value is -1.69. The van der Waals surface area contributed by atoms with E-state index >= 15 is 0 Å². The van der Waals surface area contributed by atoms with Crippen molar-refractivity contribution in [1.82, 2.24) is 4.90 Å². The van der Waals surface area contributed by atoms with Crippen molar-refractivity contribution in [3.63, 3.8) is 0 Å². The van der Waals surface area contributed by atoms with Gasteiger partial charge >= 0.3 is 0 Å². The lowest BCUT2D eigenvalue weighted by atomic mass is 10.0. The molecule has 3 rings (SSSR count). The fourth-order valence-corrected chi connectivity index (χ4v) is 3.56. The number of carbonyl (C=O) groups is 1. The molecule has 2 aromatic carbocycles. The van der Waals surface area contributed by atoms with Crippen molar-refractivity contribution in [2.24, 2.45) is 0 Å². The first-order valence-electron chi connectivity index (χ1n) is 8.07. The number of hydrogen-bond donors (Lipinski definition) is 0. The first kappa shape index (κ1) is 17.1. The highest BCUT2D eigenvalue weighted by atomic mass is 79.9. The van der Waals surface area contributed by atoms with Gasteiger partial charge < -0.3 is 9.64 Å². The molecule has 1 heterocycles. The number of halogens is 1. The van der Waals surface area contributed by atoms with Gasteiger partial charge in [0.15, 0.2) is 0 Å². The summed E-state index contributed by atoms with van der Waals surface area (Å²) in [6.45, 7) is 2.84. The third-order valence-corrected chi connectivity index (χ3v) is 4.98. The molecule has 2 aromatic rings. The highest BCUT2D eigenvalue weighted by Crippen LogP contribution is 2.30. The van der Waals surface area contributed by atoms with Crippen LogP contribution in [0, 0.1) is 0 Å². The van der Waals surface area contributed by atoms with Crippen molar-refractivity contribution < 1.29 is 9.53 Å². The van der Waals surface area contributed by atoms with Crippen LogP contribution in [0.1, 0.15) is 11.6 Å². The minimum atomic E-state index is -0.299. The number of amides is 1. The van der Waals surface area contributed by atoms with Crippen molar-refractivity contribution in [3.8, 4) is 0 Å². The van der Waals surface area contributed by atoms with E-state index in [-0.39, 0.29) is 11.9 Å². The standard InChI is InChI=1S/C19H21BrN2O2/c1-21(17-10-6-5-9-16(17)20)19(23)18(15-7-3-2-4-8-15)22-11-13-24-14-12-22/h2-10,18H,11-14H2,1H3. The van der Waals surface area contributed by atoms with Crippen LogP contribution in [-0.4, -0.2) is 44.2 Å². The number of benzene rings is 2. The van der Waals surface area contributed by atoms with Crippen molar-refractivity contribution >= 4 is 27.5 Å². The molecule has 0 N–H and O–H groups in total. The van der Waals surface area contributed by atoms with Crippen molar-refractivity contribution in [1.29, 1.82) is 0 Å². The molecular weight excluding hydrogens is 368 g/mol. The second-order valence-corrected chi connectivity index (χ2v) is 6.66. The van der Waals surface area contributed by atoms with Crippen molar-refractivity contribution in [2.45, 2.75) is 6.04 Å². The summed E-state index contributed by atoms with van der Waals surface area (Å²) in [6, 6.07) is 17.5. The second-order valence-electron chi connectivity index (χ2n) is 5.81. The van der Waals surface area contributed by atoms with Crippen LogP contribution in [0.4, 0.5) is 5.69 Å². The molecule has 1 aliphatic heterocycles. The molecule has 0 aromatic heterocycles. The predicted octanol–water partition coefficient (Wildman–Crippen LogP) is 3.49. The molecule has 0 spiro atoms. The number of nitrogens with zero attached hydrogens (tertiary/aromatic N) is 2. The molecule has 24 heavy (non-hydrogen) atoms. The molecule has 4 nitrogen and oxygen atoms in total. The molecule has 126 valence electrons. The number of para-hydroxylation sites is 1. The van der Waals surface area contributed by atoms with Gasteiger partial charge in [-0.2, -0.15) is 0 Å². The summed E-state index contributed by atoms with van der Waals surface area (Å²) in [6.07, 6.45) is 0. The third-order valence-electron chi connectivity index (χ3n) is 4.30. The largest absolute Gasteiger partial charge is 0.379 e. The summed E-state index contributed by atoms with van der Waals surface area (Å²) in [5.41, 5.74) is 1.89. The average Bonchev–Trinajstić information content (AvgIpc) is 2.63. The highest BCUT2D eigenvalue weighted by molar-refractivity contribution is 9.10. The summed E-state index contributed by atoms with van der Waals surface area (Å²) < 4.78 is 6.37. The van der Waals surface area contributed by atoms with Gasteiger partial charge in [-0.05, 0) is 33.6 Å². The van der Waals surface area contributed by atoms with Gasteiger partial charge in [-0.15, -0.1) is 0 Å². The van der Waals surface area contributed by atoms with E-state index < -0.39 is 0 Å². The Bertz CT molecular complexity index is 687. The Kier molecular flexibility index (Phi) is 5.66. The lowest BCUT2D eigenvalue weighted by Gasteiger charge is -2.36. The fraction of sp³-hybridized carbons (Fsp3) is 0.316. The van der Waals surface area contributed by atoms with E-state index in [2.05, 4.69) is 20.8 Å². The van der Waals surface area contributed by atoms with E-state index in [0.717, 1.165) is 28.8 Å². The molecule has 0 radical (unpaired) electrons. The smallest absolute Gasteiger partial charge is 0.248 e. The zero-order valence-corrected chi connectivity index (χ0v) is 15.3. The topological polar surface area (TPSA) is 32.8 Å². The van der Waals surface area contributed by atoms with E-state index in [4.69, 9.17) is 4.74 Å². The molecule has 1 unspecified atom stereocenters. The number of likely N-dealkylation sites (N-methyl/N-ethyl adjacent to an activating group) is 1. The van der Waals surface area contributed by atoms with E-state index in [1.165, 1.54) is 0 Å².